The van der Waals surface area contributed by atoms with Crippen molar-refractivity contribution in [2.24, 2.45) is 0 Å². The zero-order valence-corrected chi connectivity index (χ0v) is 12.9. The highest BCUT2D eigenvalue weighted by Gasteiger charge is 2.14. The molecule has 0 spiro atoms. The van der Waals surface area contributed by atoms with Crippen LogP contribution >= 0.6 is 0 Å². The van der Waals surface area contributed by atoms with Crippen LogP contribution in [-0.4, -0.2) is 14.8 Å². The van der Waals surface area contributed by atoms with Crippen molar-refractivity contribution in [2.75, 3.05) is 5.73 Å². The van der Waals surface area contributed by atoms with Crippen LogP contribution in [0.1, 0.15) is 29.6 Å². The average Bonchev–Trinajstić information content (AvgIpc) is 2.73. The molecule has 0 saturated carbocycles. The molecule has 0 saturated heterocycles. The Morgan fingerprint density at radius 3 is 2.57 bits per heavy atom. The summed E-state index contributed by atoms with van der Waals surface area (Å²) in [7, 11) is 0. The topological polar surface area (TPSA) is 56.7 Å². The summed E-state index contributed by atoms with van der Waals surface area (Å²) >= 11 is 0. The number of aromatic nitrogens is 3. The molecule has 0 unspecified atom stereocenters. The maximum absolute atomic E-state index is 6.08. The molecule has 0 aliphatic heterocycles. The van der Waals surface area contributed by atoms with Crippen molar-refractivity contribution in [3.05, 3.63) is 47.0 Å². The summed E-state index contributed by atoms with van der Waals surface area (Å²) in [6, 6.07) is 6.04. The number of fused-ring (bicyclic) bond motifs is 1. The normalized spacial score (nSPS) is 11.2. The Bertz CT molecular complexity index is 830. The minimum Gasteiger partial charge on any atom is -0.398 e. The molecule has 0 aliphatic carbocycles. The summed E-state index contributed by atoms with van der Waals surface area (Å²) in [6.07, 6.45) is 2.83. The van der Waals surface area contributed by atoms with E-state index in [1.807, 2.05) is 29.9 Å². The van der Waals surface area contributed by atoms with E-state index in [-0.39, 0.29) is 0 Å². The Labute approximate surface area is 124 Å². The number of anilines is 1. The summed E-state index contributed by atoms with van der Waals surface area (Å²) in [4.78, 5) is 4.35. The molecule has 0 aliphatic rings. The second-order valence-electron chi connectivity index (χ2n) is 5.46. The lowest BCUT2D eigenvalue weighted by Crippen LogP contribution is -2.02. The van der Waals surface area contributed by atoms with Crippen LogP contribution in [0.25, 0.3) is 16.5 Å². The van der Waals surface area contributed by atoms with Gasteiger partial charge in [0.25, 0.3) is 0 Å². The van der Waals surface area contributed by atoms with E-state index in [9.17, 15) is 0 Å². The fourth-order valence-corrected chi connectivity index (χ4v) is 2.96. The molecule has 0 radical (unpaired) electrons. The van der Waals surface area contributed by atoms with Crippen molar-refractivity contribution in [1.82, 2.24) is 14.8 Å². The third-order valence-corrected chi connectivity index (χ3v) is 4.07. The van der Waals surface area contributed by atoms with Gasteiger partial charge in [-0.15, -0.1) is 0 Å². The van der Waals surface area contributed by atoms with Crippen LogP contribution in [0.5, 0.6) is 0 Å². The van der Waals surface area contributed by atoms with Crippen molar-refractivity contribution in [3.8, 4) is 5.69 Å². The van der Waals surface area contributed by atoms with Crippen LogP contribution in [0.15, 0.2) is 24.4 Å². The van der Waals surface area contributed by atoms with Gasteiger partial charge >= 0.3 is 0 Å². The predicted molar refractivity (Wildman–Crippen MR) is 86.9 cm³/mol. The van der Waals surface area contributed by atoms with Crippen LogP contribution < -0.4 is 5.73 Å². The van der Waals surface area contributed by atoms with Crippen molar-refractivity contribution in [3.63, 3.8) is 0 Å². The number of hydrogen-bond donors (Lipinski definition) is 1. The fourth-order valence-electron chi connectivity index (χ4n) is 2.96. The molecule has 0 amide bonds. The van der Waals surface area contributed by atoms with Gasteiger partial charge in [0.05, 0.1) is 11.4 Å². The van der Waals surface area contributed by atoms with Gasteiger partial charge < -0.3 is 5.73 Å². The first-order chi connectivity index (χ1) is 10.0. The quantitative estimate of drug-likeness (QED) is 0.731. The molecule has 1 aromatic carbocycles. The lowest BCUT2D eigenvalue weighted by atomic mass is 10.1. The predicted octanol–water partition coefficient (Wildman–Crippen LogP) is 3.49. The number of nitrogens with zero attached hydrogens (tertiary/aromatic N) is 3. The van der Waals surface area contributed by atoms with Crippen LogP contribution in [0, 0.1) is 20.8 Å². The van der Waals surface area contributed by atoms with Gasteiger partial charge in [0, 0.05) is 34.0 Å². The minimum atomic E-state index is 0.749. The molecule has 4 heteroatoms. The highest BCUT2D eigenvalue weighted by molar-refractivity contribution is 5.98. The standard InChI is InChI=1S/C17H20N4/c1-5-13-11(3)20-21(12(13)4)17-7-6-16(18)15-9-19-10(2)8-14(15)17/h6-9H,5,18H2,1-4H3. The van der Waals surface area contributed by atoms with E-state index in [1.54, 1.807) is 0 Å². The van der Waals surface area contributed by atoms with E-state index in [0.29, 0.717) is 0 Å². The summed E-state index contributed by atoms with van der Waals surface area (Å²) in [5.41, 5.74) is 12.5. The number of rotatable bonds is 2. The fraction of sp³-hybridized carbons (Fsp3) is 0.294. The molecule has 2 heterocycles. The molecule has 4 nitrogen and oxygen atoms in total. The lowest BCUT2D eigenvalue weighted by molar-refractivity contribution is 0.838. The number of nitrogen functional groups attached to an aromatic ring is 1. The minimum absolute atomic E-state index is 0.749. The van der Waals surface area contributed by atoms with E-state index in [1.165, 1.54) is 11.3 Å². The molecule has 2 N–H and O–H groups in total. The summed E-state index contributed by atoms with van der Waals surface area (Å²) in [5, 5.41) is 6.79. The van der Waals surface area contributed by atoms with E-state index in [0.717, 1.165) is 40.0 Å². The lowest BCUT2D eigenvalue weighted by Gasteiger charge is -2.11. The van der Waals surface area contributed by atoms with Gasteiger partial charge in [0.15, 0.2) is 0 Å². The Hall–Kier alpha value is -2.36. The van der Waals surface area contributed by atoms with Crippen molar-refractivity contribution in [1.29, 1.82) is 0 Å². The Kier molecular flexibility index (Phi) is 3.16. The Morgan fingerprint density at radius 1 is 1.14 bits per heavy atom. The highest BCUT2D eigenvalue weighted by Crippen LogP contribution is 2.29. The third-order valence-electron chi connectivity index (χ3n) is 4.07. The summed E-state index contributed by atoms with van der Waals surface area (Å²) in [5.74, 6) is 0. The molecule has 108 valence electrons. The monoisotopic (exact) mass is 280 g/mol. The number of hydrogen-bond acceptors (Lipinski definition) is 3. The van der Waals surface area contributed by atoms with Gasteiger partial charge in [-0.3, -0.25) is 4.98 Å². The van der Waals surface area contributed by atoms with E-state index in [2.05, 4.69) is 31.8 Å². The van der Waals surface area contributed by atoms with Crippen LogP contribution in [0.3, 0.4) is 0 Å². The second-order valence-corrected chi connectivity index (χ2v) is 5.46. The highest BCUT2D eigenvalue weighted by atomic mass is 15.3. The molecular formula is C17H20N4. The number of aryl methyl sites for hydroxylation is 2. The van der Waals surface area contributed by atoms with Gasteiger partial charge in [-0.2, -0.15) is 5.10 Å². The molecule has 2 aromatic heterocycles. The van der Waals surface area contributed by atoms with Crippen molar-refractivity contribution in [2.45, 2.75) is 34.1 Å². The zero-order chi connectivity index (χ0) is 15.1. The summed E-state index contributed by atoms with van der Waals surface area (Å²) in [6.45, 7) is 8.34. The van der Waals surface area contributed by atoms with Crippen LogP contribution in [0.2, 0.25) is 0 Å². The first-order valence-electron chi connectivity index (χ1n) is 7.23. The van der Waals surface area contributed by atoms with Gasteiger partial charge in [-0.25, -0.2) is 4.68 Å². The summed E-state index contributed by atoms with van der Waals surface area (Å²) < 4.78 is 2.02. The molecule has 0 atom stereocenters. The largest absolute Gasteiger partial charge is 0.398 e. The number of nitrogens with two attached hydrogens (primary N) is 1. The third kappa shape index (κ3) is 2.07. The molecule has 0 fully saturated rings. The molecule has 3 aromatic rings. The van der Waals surface area contributed by atoms with Crippen molar-refractivity contribution < 1.29 is 0 Å². The Balaban J connectivity index is 2.35. The van der Waals surface area contributed by atoms with Gasteiger partial charge in [-0.1, -0.05) is 6.92 Å². The van der Waals surface area contributed by atoms with Gasteiger partial charge in [0.2, 0.25) is 0 Å². The smallest absolute Gasteiger partial charge is 0.0729 e. The average molecular weight is 280 g/mol. The SMILES string of the molecule is CCc1c(C)nn(-c2ccc(N)c3cnc(C)cc23)c1C. The maximum atomic E-state index is 6.08. The van der Waals surface area contributed by atoms with Gasteiger partial charge in [-0.05, 0) is 51.0 Å². The number of pyridine rings is 1. The molecular weight excluding hydrogens is 260 g/mol. The zero-order valence-electron chi connectivity index (χ0n) is 12.9. The molecule has 21 heavy (non-hydrogen) atoms. The van der Waals surface area contributed by atoms with E-state index in [4.69, 9.17) is 10.8 Å². The Morgan fingerprint density at radius 2 is 1.90 bits per heavy atom. The van der Waals surface area contributed by atoms with Crippen LogP contribution in [-0.2, 0) is 6.42 Å². The molecule has 3 rings (SSSR count). The van der Waals surface area contributed by atoms with Crippen molar-refractivity contribution >= 4 is 16.5 Å². The first-order valence-corrected chi connectivity index (χ1v) is 7.23. The number of benzene rings is 1. The van der Waals surface area contributed by atoms with E-state index < -0.39 is 0 Å². The van der Waals surface area contributed by atoms with E-state index >= 15 is 0 Å². The van der Waals surface area contributed by atoms with Gasteiger partial charge in [0.1, 0.15) is 0 Å². The first kappa shape index (κ1) is 13.6. The second kappa shape index (κ2) is 4.88. The maximum Gasteiger partial charge on any atom is 0.0729 e. The van der Waals surface area contributed by atoms with Crippen LogP contribution in [0.4, 0.5) is 5.69 Å². The molecule has 0 bridgehead atoms.